The van der Waals surface area contributed by atoms with Crippen LogP contribution in [0.15, 0.2) is 42.5 Å². The molecule has 0 aliphatic carbocycles. The van der Waals surface area contributed by atoms with Gasteiger partial charge in [0.2, 0.25) is 0 Å². The van der Waals surface area contributed by atoms with Crippen molar-refractivity contribution in [1.82, 2.24) is 0 Å². The SMILES string of the molecule is COC(=O)C/C=C/[C@H]1O[C@H](OCc2ccccc2)C2OC(C)(C)O[C@@H]21. The predicted octanol–water partition coefficient (Wildman–Crippen LogP) is 2.57. The quantitative estimate of drug-likeness (QED) is 0.582. The Hall–Kier alpha value is -1.73. The highest BCUT2D eigenvalue weighted by atomic mass is 16.8. The normalized spacial score (nSPS) is 30.5. The fourth-order valence-electron chi connectivity index (χ4n) is 3.01. The minimum atomic E-state index is -0.693. The van der Waals surface area contributed by atoms with Gasteiger partial charge in [-0.25, -0.2) is 0 Å². The van der Waals surface area contributed by atoms with Crippen molar-refractivity contribution < 1.29 is 28.5 Å². The van der Waals surface area contributed by atoms with Crippen molar-refractivity contribution >= 4 is 5.97 Å². The van der Waals surface area contributed by atoms with E-state index in [1.54, 1.807) is 6.08 Å². The van der Waals surface area contributed by atoms with Gasteiger partial charge in [-0.2, -0.15) is 0 Å². The van der Waals surface area contributed by atoms with Crippen LogP contribution in [0.3, 0.4) is 0 Å². The molecule has 0 saturated carbocycles. The second kappa shape index (κ2) is 7.66. The molecule has 0 amide bonds. The maximum absolute atomic E-state index is 11.2. The van der Waals surface area contributed by atoms with Gasteiger partial charge in [0.1, 0.15) is 18.3 Å². The molecule has 2 heterocycles. The van der Waals surface area contributed by atoms with Crippen molar-refractivity contribution in [3.63, 3.8) is 0 Å². The number of fused-ring (bicyclic) bond motifs is 1. The van der Waals surface area contributed by atoms with Gasteiger partial charge in [-0.05, 0) is 19.4 Å². The lowest BCUT2D eigenvalue weighted by Gasteiger charge is -2.23. The van der Waals surface area contributed by atoms with Gasteiger partial charge in [0.15, 0.2) is 12.1 Å². The molecule has 0 aromatic heterocycles. The second-order valence-electron chi connectivity index (χ2n) is 6.54. The third-order valence-corrected chi connectivity index (χ3v) is 4.14. The summed E-state index contributed by atoms with van der Waals surface area (Å²) in [6, 6.07) is 9.89. The van der Waals surface area contributed by atoms with Crippen molar-refractivity contribution in [2.45, 2.75) is 57.3 Å². The van der Waals surface area contributed by atoms with Crippen molar-refractivity contribution in [1.29, 1.82) is 0 Å². The van der Waals surface area contributed by atoms with Gasteiger partial charge in [0, 0.05) is 0 Å². The average molecular weight is 348 g/mol. The Labute approximate surface area is 147 Å². The minimum Gasteiger partial charge on any atom is -0.469 e. The molecular formula is C19H24O6. The molecule has 6 nitrogen and oxygen atoms in total. The van der Waals surface area contributed by atoms with Crippen LogP contribution in [0.2, 0.25) is 0 Å². The monoisotopic (exact) mass is 348 g/mol. The van der Waals surface area contributed by atoms with Crippen LogP contribution < -0.4 is 0 Å². The van der Waals surface area contributed by atoms with Crippen LogP contribution in [0.4, 0.5) is 0 Å². The summed E-state index contributed by atoms with van der Waals surface area (Å²) in [5.41, 5.74) is 1.06. The molecule has 136 valence electrons. The summed E-state index contributed by atoms with van der Waals surface area (Å²) in [5, 5.41) is 0. The van der Waals surface area contributed by atoms with Gasteiger partial charge < -0.3 is 23.7 Å². The van der Waals surface area contributed by atoms with E-state index in [0.717, 1.165) is 5.56 Å². The smallest absolute Gasteiger partial charge is 0.309 e. The summed E-state index contributed by atoms with van der Waals surface area (Å²) in [5.74, 6) is -0.992. The maximum atomic E-state index is 11.2. The van der Waals surface area contributed by atoms with Gasteiger partial charge in [0.05, 0.1) is 20.1 Å². The molecule has 25 heavy (non-hydrogen) atoms. The molecule has 0 spiro atoms. The molecule has 1 aromatic rings. The molecule has 1 unspecified atom stereocenters. The zero-order valence-electron chi connectivity index (χ0n) is 14.7. The van der Waals surface area contributed by atoms with Crippen molar-refractivity contribution in [3.8, 4) is 0 Å². The van der Waals surface area contributed by atoms with Crippen LogP contribution in [0.25, 0.3) is 0 Å². The maximum Gasteiger partial charge on any atom is 0.309 e. The first-order valence-corrected chi connectivity index (χ1v) is 8.38. The molecule has 0 N–H and O–H groups in total. The predicted molar refractivity (Wildman–Crippen MR) is 89.5 cm³/mol. The number of esters is 1. The highest BCUT2D eigenvalue weighted by Crippen LogP contribution is 2.39. The summed E-state index contributed by atoms with van der Waals surface area (Å²) in [6.45, 7) is 4.17. The minimum absolute atomic E-state index is 0.188. The highest BCUT2D eigenvalue weighted by molar-refractivity contribution is 5.70. The Morgan fingerprint density at radius 2 is 1.92 bits per heavy atom. The van der Waals surface area contributed by atoms with Crippen LogP contribution in [0, 0.1) is 0 Å². The molecule has 0 radical (unpaired) electrons. The first kappa shape index (κ1) is 18.1. The molecule has 0 bridgehead atoms. The van der Waals surface area contributed by atoms with Crippen molar-refractivity contribution in [3.05, 3.63) is 48.0 Å². The van der Waals surface area contributed by atoms with Gasteiger partial charge >= 0.3 is 5.97 Å². The van der Waals surface area contributed by atoms with Crippen LogP contribution in [0.1, 0.15) is 25.8 Å². The Balaban J connectivity index is 1.64. The van der Waals surface area contributed by atoms with E-state index in [4.69, 9.17) is 18.9 Å². The summed E-state index contributed by atoms with van der Waals surface area (Å²) in [4.78, 5) is 11.2. The second-order valence-corrected chi connectivity index (χ2v) is 6.54. The number of rotatable bonds is 6. The summed E-state index contributed by atoms with van der Waals surface area (Å²) >= 11 is 0. The van der Waals surface area contributed by atoms with Gasteiger partial charge in [-0.1, -0.05) is 42.5 Å². The van der Waals surface area contributed by atoms with E-state index in [9.17, 15) is 4.79 Å². The standard InChI is InChI=1S/C19H24O6/c1-19(2)24-16-14(10-7-11-15(20)21-3)23-18(17(16)25-19)22-12-13-8-5-4-6-9-13/h4-10,14,16-18H,11-12H2,1-3H3/b10-7+/t14-,16-,17?,18+/m1/s1. The third kappa shape index (κ3) is 4.46. The number of methoxy groups -OCH3 is 1. The summed E-state index contributed by atoms with van der Waals surface area (Å²) < 4.78 is 28.4. The van der Waals surface area contributed by atoms with E-state index in [2.05, 4.69) is 4.74 Å². The molecule has 4 atom stereocenters. The number of ether oxygens (including phenoxy) is 5. The zero-order chi connectivity index (χ0) is 17.9. The molecule has 2 saturated heterocycles. The lowest BCUT2D eigenvalue weighted by molar-refractivity contribution is -0.231. The van der Waals surface area contributed by atoms with Gasteiger partial charge in [0.25, 0.3) is 0 Å². The molecule has 2 aliphatic heterocycles. The van der Waals surface area contributed by atoms with Crippen LogP contribution in [-0.4, -0.2) is 43.5 Å². The molecular weight excluding hydrogens is 324 g/mol. The van der Waals surface area contributed by atoms with E-state index in [-0.39, 0.29) is 30.7 Å². The zero-order valence-corrected chi connectivity index (χ0v) is 14.7. The van der Waals surface area contributed by atoms with E-state index >= 15 is 0 Å². The Kier molecular flexibility index (Phi) is 5.54. The average Bonchev–Trinajstić information content (AvgIpc) is 3.07. The summed E-state index contributed by atoms with van der Waals surface area (Å²) in [7, 11) is 1.36. The molecule has 3 rings (SSSR count). The van der Waals surface area contributed by atoms with Crippen LogP contribution >= 0.6 is 0 Å². The highest BCUT2D eigenvalue weighted by Gasteiger charge is 2.55. The fraction of sp³-hybridized carbons (Fsp3) is 0.526. The molecule has 2 aliphatic rings. The molecule has 6 heteroatoms. The van der Waals surface area contributed by atoms with E-state index in [0.29, 0.717) is 6.61 Å². The first-order chi connectivity index (χ1) is 12.0. The van der Waals surface area contributed by atoms with E-state index < -0.39 is 12.1 Å². The van der Waals surface area contributed by atoms with Crippen molar-refractivity contribution in [2.24, 2.45) is 0 Å². The number of benzene rings is 1. The first-order valence-electron chi connectivity index (χ1n) is 8.38. The number of carbonyl (C=O) groups is 1. The summed E-state index contributed by atoms with van der Waals surface area (Å²) in [6.07, 6.45) is 2.27. The van der Waals surface area contributed by atoms with Crippen molar-refractivity contribution in [2.75, 3.05) is 7.11 Å². The lowest BCUT2D eigenvalue weighted by atomic mass is 10.1. The lowest BCUT2D eigenvalue weighted by Crippen LogP contribution is -2.31. The number of hydrogen-bond donors (Lipinski definition) is 0. The fourth-order valence-corrected chi connectivity index (χ4v) is 3.01. The Morgan fingerprint density at radius 3 is 2.64 bits per heavy atom. The van der Waals surface area contributed by atoms with E-state index in [1.807, 2.05) is 50.3 Å². The Morgan fingerprint density at radius 1 is 1.20 bits per heavy atom. The number of hydrogen-bond acceptors (Lipinski definition) is 6. The van der Waals surface area contributed by atoms with E-state index in [1.165, 1.54) is 7.11 Å². The van der Waals surface area contributed by atoms with Crippen LogP contribution in [0.5, 0.6) is 0 Å². The van der Waals surface area contributed by atoms with Crippen LogP contribution in [-0.2, 0) is 35.1 Å². The molecule has 1 aromatic carbocycles. The van der Waals surface area contributed by atoms with Gasteiger partial charge in [-0.15, -0.1) is 0 Å². The molecule has 2 fully saturated rings. The van der Waals surface area contributed by atoms with Gasteiger partial charge in [-0.3, -0.25) is 4.79 Å². The third-order valence-electron chi connectivity index (χ3n) is 4.14. The Bertz CT molecular complexity index is 612. The number of carbonyl (C=O) groups excluding carboxylic acids is 1. The topological polar surface area (TPSA) is 63.2 Å². The largest absolute Gasteiger partial charge is 0.469 e.